The molecule has 174 valence electrons. The maximum atomic E-state index is 13.4. The van der Waals surface area contributed by atoms with Crippen molar-refractivity contribution in [2.75, 3.05) is 33.9 Å². The molecule has 1 heterocycles. The highest BCUT2D eigenvalue weighted by atomic mass is 16.5. The molecule has 0 radical (unpaired) electrons. The maximum Gasteiger partial charge on any atom is 0.280 e. The van der Waals surface area contributed by atoms with E-state index in [4.69, 9.17) is 18.9 Å². The first kappa shape index (κ1) is 22.7. The fourth-order valence-electron chi connectivity index (χ4n) is 3.55. The van der Waals surface area contributed by atoms with Gasteiger partial charge in [-0.05, 0) is 42.5 Å². The standard InChI is InChI=1S/C25H23N3O6/c1-31-16-10-11-18(21(14-16)33-3)24(29)27-28-23(15-9-12-20(32-2)22(13-15)34-4)26-19-8-6-5-7-17(19)25(28)30/h5-14H,1-4H3,(H,27,29). The summed E-state index contributed by atoms with van der Waals surface area (Å²) in [5.74, 6) is 1.48. The molecule has 1 amide bonds. The summed E-state index contributed by atoms with van der Waals surface area (Å²) >= 11 is 0. The average molecular weight is 461 g/mol. The van der Waals surface area contributed by atoms with Crippen LogP contribution in [0.1, 0.15) is 10.4 Å². The van der Waals surface area contributed by atoms with Crippen LogP contribution in [0.25, 0.3) is 22.3 Å². The second kappa shape index (κ2) is 9.53. The van der Waals surface area contributed by atoms with Gasteiger partial charge in [-0.2, -0.15) is 4.68 Å². The van der Waals surface area contributed by atoms with Gasteiger partial charge in [0.25, 0.3) is 11.5 Å². The molecule has 0 aliphatic rings. The number of methoxy groups -OCH3 is 4. The first-order valence-corrected chi connectivity index (χ1v) is 10.3. The van der Waals surface area contributed by atoms with Crippen molar-refractivity contribution in [2.24, 2.45) is 0 Å². The van der Waals surface area contributed by atoms with E-state index in [9.17, 15) is 9.59 Å². The molecule has 0 saturated heterocycles. The zero-order valence-corrected chi connectivity index (χ0v) is 19.1. The number of aromatic nitrogens is 2. The van der Waals surface area contributed by atoms with Crippen LogP contribution >= 0.6 is 0 Å². The molecule has 0 spiro atoms. The molecule has 1 aromatic heterocycles. The Labute approximate surface area is 195 Å². The van der Waals surface area contributed by atoms with Gasteiger partial charge in [-0.1, -0.05) is 12.1 Å². The van der Waals surface area contributed by atoms with Crippen LogP contribution in [0.3, 0.4) is 0 Å². The molecule has 0 unspecified atom stereocenters. The lowest BCUT2D eigenvalue weighted by Gasteiger charge is -2.17. The Morgan fingerprint density at radius 1 is 0.824 bits per heavy atom. The first-order chi connectivity index (χ1) is 16.5. The summed E-state index contributed by atoms with van der Waals surface area (Å²) in [4.78, 5) is 31.3. The molecule has 34 heavy (non-hydrogen) atoms. The van der Waals surface area contributed by atoms with Gasteiger partial charge in [0.2, 0.25) is 0 Å². The summed E-state index contributed by atoms with van der Waals surface area (Å²) in [5.41, 5.74) is 3.50. The third-order valence-electron chi connectivity index (χ3n) is 5.28. The summed E-state index contributed by atoms with van der Waals surface area (Å²) in [6, 6.07) is 16.8. The summed E-state index contributed by atoms with van der Waals surface area (Å²) in [6.07, 6.45) is 0. The van der Waals surface area contributed by atoms with Crippen LogP contribution in [0.5, 0.6) is 23.0 Å². The third kappa shape index (κ3) is 4.11. The molecular formula is C25H23N3O6. The fourth-order valence-corrected chi connectivity index (χ4v) is 3.55. The highest BCUT2D eigenvalue weighted by Gasteiger charge is 2.19. The lowest BCUT2D eigenvalue weighted by Crippen LogP contribution is -2.35. The zero-order chi connectivity index (χ0) is 24.2. The van der Waals surface area contributed by atoms with Crippen LogP contribution < -0.4 is 29.9 Å². The second-order valence-electron chi connectivity index (χ2n) is 7.17. The van der Waals surface area contributed by atoms with Crippen LogP contribution in [0.4, 0.5) is 0 Å². The molecule has 0 bridgehead atoms. The summed E-state index contributed by atoms with van der Waals surface area (Å²) in [6.45, 7) is 0. The minimum atomic E-state index is -0.555. The van der Waals surface area contributed by atoms with Gasteiger partial charge < -0.3 is 18.9 Å². The zero-order valence-electron chi connectivity index (χ0n) is 19.1. The monoisotopic (exact) mass is 461 g/mol. The number of para-hydroxylation sites is 1. The minimum Gasteiger partial charge on any atom is -0.497 e. The van der Waals surface area contributed by atoms with Crippen molar-refractivity contribution in [1.82, 2.24) is 9.66 Å². The number of hydrogen-bond acceptors (Lipinski definition) is 7. The molecule has 9 nitrogen and oxygen atoms in total. The van der Waals surface area contributed by atoms with E-state index >= 15 is 0 Å². The molecule has 0 atom stereocenters. The number of hydrogen-bond donors (Lipinski definition) is 1. The minimum absolute atomic E-state index is 0.224. The van der Waals surface area contributed by atoms with Crippen molar-refractivity contribution in [3.63, 3.8) is 0 Å². The number of carbonyl (C=O) groups excluding carboxylic acids is 1. The number of amides is 1. The molecule has 3 aromatic carbocycles. The predicted octanol–water partition coefficient (Wildman–Crippen LogP) is 3.48. The Balaban J connectivity index is 1.88. The van der Waals surface area contributed by atoms with E-state index < -0.39 is 11.5 Å². The first-order valence-electron chi connectivity index (χ1n) is 10.3. The lowest BCUT2D eigenvalue weighted by atomic mass is 10.1. The van der Waals surface area contributed by atoms with E-state index in [2.05, 4.69) is 10.4 Å². The van der Waals surface area contributed by atoms with Gasteiger partial charge in [0.15, 0.2) is 17.3 Å². The third-order valence-corrected chi connectivity index (χ3v) is 5.28. The molecule has 0 fully saturated rings. The molecule has 0 aliphatic heterocycles. The Kier molecular flexibility index (Phi) is 6.35. The highest BCUT2D eigenvalue weighted by Crippen LogP contribution is 2.32. The van der Waals surface area contributed by atoms with Crippen molar-refractivity contribution < 1.29 is 23.7 Å². The van der Waals surface area contributed by atoms with Crippen molar-refractivity contribution in [3.8, 4) is 34.4 Å². The van der Waals surface area contributed by atoms with Crippen LogP contribution in [0.15, 0.2) is 65.5 Å². The van der Waals surface area contributed by atoms with Gasteiger partial charge in [-0.3, -0.25) is 15.0 Å². The maximum absolute atomic E-state index is 13.4. The van der Waals surface area contributed by atoms with Gasteiger partial charge in [-0.25, -0.2) is 4.98 Å². The average Bonchev–Trinajstić information content (AvgIpc) is 2.89. The van der Waals surface area contributed by atoms with Crippen LogP contribution in [-0.2, 0) is 0 Å². The molecule has 4 aromatic rings. The topological polar surface area (TPSA) is 101 Å². The largest absolute Gasteiger partial charge is 0.497 e. The number of rotatable bonds is 7. The Morgan fingerprint density at radius 3 is 2.26 bits per heavy atom. The van der Waals surface area contributed by atoms with E-state index in [0.29, 0.717) is 39.5 Å². The van der Waals surface area contributed by atoms with Crippen LogP contribution in [0, 0.1) is 0 Å². The van der Waals surface area contributed by atoms with Gasteiger partial charge in [0.1, 0.15) is 11.5 Å². The van der Waals surface area contributed by atoms with Crippen molar-refractivity contribution in [1.29, 1.82) is 0 Å². The van der Waals surface area contributed by atoms with E-state index in [1.54, 1.807) is 60.7 Å². The smallest absolute Gasteiger partial charge is 0.280 e. The number of benzene rings is 3. The van der Waals surface area contributed by atoms with E-state index in [1.807, 2.05) is 0 Å². The Morgan fingerprint density at radius 2 is 1.56 bits per heavy atom. The van der Waals surface area contributed by atoms with Crippen LogP contribution in [0.2, 0.25) is 0 Å². The molecule has 4 rings (SSSR count). The predicted molar refractivity (Wildman–Crippen MR) is 128 cm³/mol. The molecule has 1 N–H and O–H groups in total. The highest BCUT2D eigenvalue weighted by molar-refractivity contribution is 6.02. The SMILES string of the molecule is COc1ccc(C(=O)Nn2c(-c3ccc(OC)c(OC)c3)nc3ccccc3c2=O)c(OC)c1. The summed E-state index contributed by atoms with van der Waals surface area (Å²) in [7, 11) is 6.01. The quantitative estimate of drug-likeness (QED) is 0.450. The molecular weight excluding hydrogens is 438 g/mol. The molecule has 9 heteroatoms. The van der Waals surface area contributed by atoms with Crippen molar-refractivity contribution in [2.45, 2.75) is 0 Å². The van der Waals surface area contributed by atoms with Crippen molar-refractivity contribution in [3.05, 3.63) is 76.6 Å². The number of nitrogens with zero attached hydrogens (tertiary/aromatic N) is 2. The number of fused-ring (bicyclic) bond motifs is 1. The van der Waals surface area contributed by atoms with E-state index in [-0.39, 0.29) is 11.4 Å². The summed E-state index contributed by atoms with van der Waals surface area (Å²) < 4.78 is 22.4. The molecule has 0 saturated carbocycles. The van der Waals surface area contributed by atoms with Gasteiger partial charge in [-0.15, -0.1) is 0 Å². The summed E-state index contributed by atoms with van der Waals surface area (Å²) in [5, 5.41) is 0.355. The van der Waals surface area contributed by atoms with Gasteiger partial charge in [0.05, 0.1) is 44.9 Å². The van der Waals surface area contributed by atoms with E-state index in [1.165, 1.54) is 28.4 Å². The van der Waals surface area contributed by atoms with E-state index in [0.717, 1.165) is 4.68 Å². The lowest BCUT2D eigenvalue weighted by molar-refractivity contribution is 0.100. The Bertz CT molecular complexity index is 1430. The molecule has 0 aliphatic carbocycles. The van der Waals surface area contributed by atoms with Crippen LogP contribution in [-0.4, -0.2) is 44.0 Å². The van der Waals surface area contributed by atoms with Crippen molar-refractivity contribution >= 4 is 16.8 Å². The second-order valence-corrected chi connectivity index (χ2v) is 7.17. The Hall–Kier alpha value is -4.53. The normalized spacial score (nSPS) is 10.6. The number of carbonyl (C=O) groups is 1. The van der Waals surface area contributed by atoms with Gasteiger partial charge >= 0.3 is 0 Å². The number of nitrogens with one attached hydrogen (secondary N) is 1. The fraction of sp³-hybridized carbons (Fsp3) is 0.160. The van der Waals surface area contributed by atoms with Gasteiger partial charge in [0, 0.05) is 11.6 Å². The number of ether oxygens (including phenoxy) is 4.